The molecule has 0 N–H and O–H groups in total. The van der Waals surface area contributed by atoms with Gasteiger partial charge in [0.15, 0.2) is 5.78 Å². The van der Waals surface area contributed by atoms with Gasteiger partial charge in [0.05, 0.1) is 6.42 Å². The summed E-state index contributed by atoms with van der Waals surface area (Å²) in [7, 11) is 0. The molecule has 0 amide bonds. The van der Waals surface area contributed by atoms with Crippen LogP contribution in [0.25, 0.3) is 0 Å². The van der Waals surface area contributed by atoms with Crippen LogP contribution in [0.1, 0.15) is 47.2 Å². The molecule has 0 fully saturated rings. The first kappa shape index (κ1) is 13.5. The third kappa shape index (κ3) is 3.08. The fourth-order valence-corrected chi connectivity index (χ4v) is 2.21. The number of benzene rings is 1. The number of aromatic nitrogens is 3. The molecule has 1 aromatic carbocycles. The van der Waals surface area contributed by atoms with Gasteiger partial charge in [-0.25, -0.2) is 9.67 Å². The summed E-state index contributed by atoms with van der Waals surface area (Å²) in [5.41, 5.74) is 2.96. The monoisotopic (exact) mass is 257 g/mol. The Morgan fingerprint density at radius 1 is 1.21 bits per heavy atom. The topological polar surface area (TPSA) is 47.8 Å². The number of ketones is 1. The van der Waals surface area contributed by atoms with Gasteiger partial charge < -0.3 is 0 Å². The SMILES string of the molecule is Cc1cc(C)cc(C(=O)Cc2ncnn2C(C)C)c1. The van der Waals surface area contributed by atoms with Crippen molar-refractivity contribution in [3.63, 3.8) is 0 Å². The van der Waals surface area contributed by atoms with Crippen molar-refractivity contribution in [1.29, 1.82) is 0 Å². The van der Waals surface area contributed by atoms with Crippen LogP contribution >= 0.6 is 0 Å². The maximum Gasteiger partial charge on any atom is 0.170 e. The lowest BCUT2D eigenvalue weighted by Crippen LogP contribution is -2.13. The second kappa shape index (κ2) is 5.34. The Balaban J connectivity index is 2.23. The van der Waals surface area contributed by atoms with Crippen LogP contribution < -0.4 is 0 Å². The largest absolute Gasteiger partial charge is 0.294 e. The first-order valence-electron chi connectivity index (χ1n) is 6.47. The van der Waals surface area contributed by atoms with Crippen LogP contribution in [-0.2, 0) is 6.42 Å². The summed E-state index contributed by atoms with van der Waals surface area (Å²) < 4.78 is 1.79. The van der Waals surface area contributed by atoms with E-state index >= 15 is 0 Å². The predicted molar refractivity (Wildman–Crippen MR) is 74.4 cm³/mol. The van der Waals surface area contributed by atoms with Crippen LogP contribution in [-0.4, -0.2) is 20.5 Å². The molecule has 19 heavy (non-hydrogen) atoms. The molecule has 0 bridgehead atoms. The molecule has 2 aromatic rings. The number of rotatable bonds is 4. The van der Waals surface area contributed by atoms with Crippen molar-refractivity contribution in [2.24, 2.45) is 0 Å². The Hall–Kier alpha value is -1.97. The molecule has 0 atom stereocenters. The van der Waals surface area contributed by atoms with Crippen LogP contribution in [0.5, 0.6) is 0 Å². The second-order valence-corrected chi connectivity index (χ2v) is 5.19. The van der Waals surface area contributed by atoms with Crippen molar-refractivity contribution in [1.82, 2.24) is 14.8 Å². The average Bonchev–Trinajstić information content (AvgIpc) is 2.75. The molecule has 0 saturated carbocycles. The molecule has 0 saturated heterocycles. The summed E-state index contributed by atoms with van der Waals surface area (Å²) in [4.78, 5) is 16.5. The minimum atomic E-state index is 0.0849. The van der Waals surface area contributed by atoms with Gasteiger partial charge in [0.2, 0.25) is 0 Å². The number of hydrogen-bond donors (Lipinski definition) is 0. The minimum absolute atomic E-state index is 0.0849. The van der Waals surface area contributed by atoms with Crippen LogP contribution in [0.3, 0.4) is 0 Å². The van der Waals surface area contributed by atoms with Gasteiger partial charge in [-0.3, -0.25) is 4.79 Å². The van der Waals surface area contributed by atoms with Crippen molar-refractivity contribution in [3.05, 3.63) is 47.0 Å². The highest BCUT2D eigenvalue weighted by atomic mass is 16.1. The van der Waals surface area contributed by atoms with E-state index in [1.165, 1.54) is 6.33 Å². The number of aryl methyl sites for hydroxylation is 2. The van der Waals surface area contributed by atoms with E-state index in [2.05, 4.69) is 16.1 Å². The van der Waals surface area contributed by atoms with E-state index in [1.807, 2.05) is 39.8 Å². The average molecular weight is 257 g/mol. The Bertz CT molecular complexity index is 579. The Kier molecular flexibility index (Phi) is 3.79. The van der Waals surface area contributed by atoms with E-state index in [9.17, 15) is 4.79 Å². The van der Waals surface area contributed by atoms with E-state index < -0.39 is 0 Å². The summed E-state index contributed by atoms with van der Waals surface area (Å²) >= 11 is 0. The molecule has 100 valence electrons. The molecule has 0 aliphatic rings. The summed E-state index contributed by atoms with van der Waals surface area (Å²) in [6, 6.07) is 6.12. The maximum absolute atomic E-state index is 12.3. The second-order valence-electron chi connectivity index (χ2n) is 5.19. The maximum atomic E-state index is 12.3. The number of carbonyl (C=O) groups excluding carboxylic acids is 1. The molecule has 0 radical (unpaired) electrons. The first-order valence-corrected chi connectivity index (χ1v) is 6.47. The Labute approximate surface area is 113 Å². The predicted octanol–water partition coefficient (Wildman–Crippen LogP) is 2.90. The number of nitrogens with zero attached hydrogens (tertiary/aromatic N) is 3. The zero-order valence-corrected chi connectivity index (χ0v) is 11.8. The van der Waals surface area contributed by atoms with Gasteiger partial charge in [-0.15, -0.1) is 0 Å². The van der Waals surface area contributed by atoms with Crippen LogP contribution in [0.4, 0.5) is 0 Å². The summed E-state index contributed by atoms with van der Waals surface area (Å²) in [6.45, 7) is 8.06. The molecule has 0 spiro atoms. The molecule has 0 unspecified atom stereocenters. The molecular formula is C15H19N3O. The van der Waals surface area contributed by atoms with E-state index in [0.717, 1.165) is 22.5 Å². The molecule has 0 aliphatic heterocycles. The fraction of sp³-hybridized carbons (Fsp3) is 0.400. The van der Waals surface area contributed by atoms with E-state index in [-0.39, 0.29) is 11.8 Å². The van der Waals surface area contributed by atoms with Crippen molar-refractivity contribution in [3.8, 4) is 0 Å². The van der Waals surface area contributed by atoms with Crippen molar-refractivity contribution < 1.29 is 4.79 Å². The van der Waals surface area contributed by atoms with Crippen LogP contribution in [0, 0.1) is 13.8 Å². The highest BCUT2D eigenvalue weighted by Crippen LogP contribution is 2.13. The Morgan fingerprint density at radius 2 is 1.84 bits per heavy atom. The normalized spacial score (nSPS) is 11.0. The van der Waals surface area contributed by atoms with Crippen molar-refractivity contribution in [2.75, 3.05) is 0 Å². The summed E-state index contributed by atoms with van der Waals surface area (Å²) in [6.07, 6.45) is 1.80. The minimum Gasteiger partial charge on any atom is -0.294 e. The number of Topliss-reactive ketones (excluding diaryl/α,β-unsaturated/α-hetero) is 1. The quantitative estimate of drug-likeness (QED) is 0.791. The van der Waals surface area contributed by atoms with Gasteiger partial charge in [0, 0.05) is 11.6 Å². The third-order valence-electron chi connectivity index (χ3n) is 3.00. The standard InChI is InChI=1S/C15H19N3O/c1-10(2)18-15(16-9-17-18)8-14(19)13-6-11(3)5-12(4)7-13/h5-7,9-10H,8H2,1-4H3. The Morgan fingerprint density at radius 3 is 2.42 bits per heavy atom. The van der Waals surface area contributed by atoms with Gasteiger partial charge in [0.25, 0.3) is 0 Å². The van der Waals surface area contributed by atoms with Gasteiger partial charge in [-0.2, -0.15) is 5.10 Å². The lowest BCUT2D eigenvalue weighted by molar-refractivity contribution is 0.0989. The van der Waals surface area contributed by atoms with Crippen molar-refractivity contribution >= 4 is 5.78 Å². The van der Waals surface area contributed by atoms with Gasteiger partial charge in [0.1, 0.15) is 12.2 Å². The molecule has 2 rings (SSSR count). The molecule has 0 aliphatic carbocycles. The molecular weight excluding hydrogens is 238 g/mol. The third-order valence-corrected chi connectivity index (χ3v) is 3.00. The van der Waals surface area contributed by atoms with E-state index in [4.69, 9.17) is 0 Å². The molecule has 1 heterocycles. The van der Waals surface area contributed by atoms with E-state index in [0.29, 0.717) is 6.42 Å². The smallest absolute Gasteiger partial charge is 0.170 e. The highest BCUT2D eigenvalue weighted by molar-refractivity contribution is 5.97. The first-order chi connectivity index (χ1) is 8.97. The van der Waals surface area contributed by atoms with Gasteiger partial charge in [-0.05, 0) is 39.8 Å². The fourth-order valence-electron chi connectivity index (χ4n) is 2.21. The summed E-state index contributed by atoms with van der Waals surface area (Å²) in [5, 5.41) is 4.15. The lowest BCUT2D eigenvalue weighted by Gasteiger charge is -2.09. The van der Waals surface area contributed by atoms with Crippen LogP contribution in [0.15, 0.2) is 24.5 Å². The van der Waals surface area contributed by atoms with Crippen LogP contribution in [0.2, 0.25) is 0 Å². The lowest BCUT2D eigenvalue weighted by atomic mass is 10.0. The van der Waals surface area contributed by atoms with Gasteiger partial charge in [-0.1, -0.05) is 17.2 Å². The summed E-state index contributed by atoms with van der Waals surface area (Å²) in [5.74, 6) is 0.806. The molecule has 1 aromatic heterocycles. The molecule has 4 heteroatoms. The number of carbonyl (C=O) groups is 1. The highest BCUT2D eigenvalue weighted by Gasteiger charge is 2.14. The zero-order valence-electron chi connectivity index (χ0n) is 11.8. The van der Waals surface area contributed by atoms with E-state index in [1.54, 1.807) is 4.68 Å². The van der Waals surface area contributed by atoms with Gasteiger partial charge >= 0.3 is 0 Å². The zero-order chi connectivity index (χ0) is 14.0. The molecule has 4 nitrogen and oxygen atoms in total. The van der Waals surface area contributed by atoms with Crippen molar-refractivity contribution in [2.45, 2.75) is 40.2 Å². The number of hydrogen-bond acceptors (Lipinski definition) is 3.